The maximum absolute atomic E-state index is 12.3. The van der Waals surface area contributed by atoms with Crippen molar-refractivity contribution in [3.63, 3.8) is 0 Å². The fourth-order valence-corrected chi connectivity index (χ4v) is 3.53. The number of thioether (sulfide) groups is 1. The Morgan fingerprint density at radius 2 is 2.04 bits per heavy atom. The molecule has 2 aromatic carbocycles. The van der Waals surface area contributed by atoms with Crippen LogP contribution in [0, 0.1) is 0 Å². The fourth-order valence-electron chi connectivity index (χ4n) is 2.63. The Labute approximate surface area is 168 Å². The lowest BCUT2D eigenvalue weighted by molar-refractivity contribution is -0.120. The van der Waals surface area contributed by atoms with Crippen molar-refractivity contribution in [3.05, 3.63) is 67.3 Å². The van der Waals surface area contributed by atoms with Crippen LogP contribution in [0.2, 0.25) is 0 Å². The molecule has 0 bridgehead atoms. The molecule has 7 heteroatoms. The first-order valence-corrected chi connectivity index (χ1v) is 9.72. The topological polar surface area (TPSA) is 69.0 Å². The first kappa shape index (κ1) is 19.7. The van der Waals surface area contributed by atoms with Crippen molar-refractivity contribution in [1.29, 1.82) is 0 Å². The lowest BCUT2D eigenvalue weighted by atomic mass is 10.2. The third-order valence-electron chi connectivity index (χ3n) is 4.05. The molecule has 0 radical (unpaired) electrons. The molecule has 6 nitrogen and oxygen atoms in total. The zero-order valence-corrected chi connectivity index (χ0v) is 16.6. The van der Waals surface area contributed by atoms with Gasteiger partial charge in [-0.3, -0.25) is 9.36 Å². The summed E-state index contributed by atoms with van der Waals surface area (Å²) in [6.45, 7) is 5.90. The van der Waals surface area contributed by atoms with Crippen LogP contribution in [0.1, 0.15) is 6.92 Å². The number of benzene rings is 2. The van der Waals surface area contributed by atoms with Gasteiger partial charge in [0.25, 0.3) is 0 Å². The first-order chi connectivity index (χ1) is 13.6. The van der Waals surface area contributed by atoms with Gasteiger partial charge in [-0.05, 0) is 31.2 Å². The molecule has 0 fully saturated rings. The molecule has 0 spiro atoms. The van der Waals surface area contributed by atoms with Gasteiger partial charge in [0.1, 0.15) is 5.75 Å². The highest BCUT2D eigenvalue weighted by Gasteiger charge is 2.21. The summed E-state index contributed by atoms with van der Waals surface area (Å²) in [5.41, 5.74) is 1.80. The van der Waals surface area contributed by atoms with E-state index in [2.05, 4.69) is 22.1 Å². The summed E-state index contributed by atoms with van der Waals surface area (Å²) in [6.07, 6.45) is 1.66. The van der Waals surface area contributed by atoms with E-state index in [1.807, 2.05) is 66.1 Å². The van der Waals surface area contributed by atoms with Crippen LogP contribution in [0.4, 0.5) is 0 Å². The number of hydrogen-bond acceptors (Lipinski definition) is 5. The van der Waals surface area contributed by atoms with Crippen LogP contribution < -0.4 is 10.1 Å². The Kier molecular flexibility index (Phi) is 6.49. The highest BCUT2D eigenvalue weighted by molar-refractivity contribution is 8.00. The molecule has 1 heterocycles. The lowest BCUT2D eigenvalue weighted by Crippen LogP contribution is -2.31. The maximum Gasteiger partial charge on any atom is 0.233 e. The summed E-state index contributed by atoms with van der Waals surface area (Å²) in [6, 6.07) is 17.5. The lowest BCUT2D eigenvalue weighted by Gasteiger charge is -2.13. The van der Waals surface area contributed by atoms with E-state index in [1.54, 1.807) is 13.2 Å². The fraction of sp³-hybridized carbons (Fsp3) is 0.190. The summed E-state index contributed by atoms with van der Waals surface area (Å²) in [5, 5.41) is 11.9. The molecule has 0 saturated carbocycles. The van der Waals surface area contributed by atoms with Gasteiger partial charge in [0, 0.05) is 17.8 Å². The minimum absolute atomic E-state index is 0.0737. The van der Waals surface area contributed by atoms with Crippen molar-refractivity contribution in [2.75, 3.05) is 13.7 Å². The number of carbonyl (C=O) groups is 1. The molecule has 1 amide bonds. The molecule has 0 aliphatic heterocycles. The molecular formula is C21H22N4O2S. The summed E-state index contributed by atoms with van der Waals surface area (Å²) < 4.78 is 7.29. The molecule has 0 aliphatic carbocycles. The monoisotopic (exact) mass is 394 g/mol. The van der Waals surface area contributed by atoms with Crippen LogP contribution in [-0.4, -0.2) is 39.6 Å². The van der Waals surface area contributed by atoms with Crippen LogP contribution in [0.5, 0.6) is 5.75 Å². The van der Waals surface area contributed by atoms with Gasteiger partial charge < -0.3 is 10.1 Å². The van der Waals surface area contributed by atoms with Crippen molar-refractivity contribution in [2.24, 2.45) is 0 Å². The average Bonchev–Trinajstić information content (AvgIpc) is 3.16. The molecule has 3 aromatic rings. The van der Waals surface area contributed by atoms with Gasteiger partial charge in [0.15, 0.2) is 11.0 Å². The molecule has 1 aromatic heterocycles. The van der Waals surface area contributed by atoms with Crippen molar-refractivity contribution in [2.45, 2.75) is 17.3 Å². The number of para-hydroxylation sites is 1. The molecule has 0 saturated heterocycles. The van der Waals surface area contributed by atoms with Gasteiger partial charge in [-0.1, -0.05) is 48.2 Å². The number of ether oxygens (including phenoxy) is 1. The minimum atomic E-state index is -0.329. The van der Waals surface area contributed by atoms with Crippen LogP contribution in [0.15, 0.2) is 72.4 Å². The molecule has 1 N–H and O–H groups in total. The summed E-state index contributed by atoms with van der Waals surface area (Å²) in [7, 11) is 1.63. The minimum Gasteiger partial charge on any atom is -0.497 e. The van der Waals surface area contributed by atoms with E-state index in [1.165, 1.54) is 11.8 Å². The van der Waals surface area contributed by atoms with E-state index < -0.39 is 0 Å². The predicted octanol–water partition coefficient (Wildman–Crippen LogP) is 3.73. The smallest absolute Gasteiger partial charge is 0.233 e. The molecule has 3 rings (SSSR count). The zero-order valence-electron chi connectivity index (χ0n) is 15.8. The number of amides is 1. The SMILES string of the molecule is C=CCNC(=O)C(C)Sc1nnc(-c2cccc(OC)c2)n1-c1ccccc1. The van der Waals surface area contributed by atoms with Crippen LogP contribution in [0.25, 0.3) is 17.1 Å². The number of aromatic nitrogens is 3. The van der Waals surface area contributed by atoms with Crippen molar-refractivity contribution in [1.82, 2.24) is 20.1 Å². The molecule has 0 aliphatic rings. The van der Waals surface area contributed by atoms with Gasteiger partial charge in [0.2, 0.25) is 5.91 Å². The number of hydrogen-bond donors (Lipinski definition) is 1. The van der Waals surface area contributed by atoms with E-state index in [0.717, 1.165) is 17.0 Å². The largest absolute Gasteiger partial charge is 0.497 e. The van der Waals surface area contributed by atoms with Gasteiger partial charge in [-0.2, -0.15) is 0 Å². The van der Waals surface area contributed by atoms with Crippen molar-refractivity contribution >= 4 is 17.7 Å². The molecule has 144 valence electrons. The van der Waals surface area contributed by atoms with E-state index in [0.29, 0.717) is 17.5 Å². The molecule has 28 heavy (non-hydrogen) atoms. The summed E-state index contributed by atoms with van der Waals surface area (Å²) >= 11 is 1.36. The van der Waals surface area contributed by atoms with E-state index in [9.17, 15) is 4.79 Å². The number of carbonyl (C=O) groups excluding carboxylic acids is 1. The summed E-state index contributed by atoms with van der Waals surface area (Å²) in [5.74, 6) is 1.35. The first-order valence-electron chi connectivity index (χ1n) is 8.84. The van der Waals surface area contributed by atoms with E-state index in [4.69, 9.17) is 4.74 Å². The van der Waals surface area contributed by atoms with Crippen LogP contribution in [-0.2, 0) is 4.79 Å². The van der Waals surface area contributed by atoms with E-state index >= 15 is 0 Å². The Balaban J connectivity index is 2.00. The zero-order chi connectivity index (χ0) is 19.9. The predicted molar refractivity (Wildman–Crippen MR) is 112 cm³/mol. The highest BCUT2D eigenvalue weighted by atomic mass is 32.2. The van der Waals surface area contributed by atoms with Crippen LogP contribution >= 0.6 is 11.8 Å². The number of nitrogens with zero attached hydrogens (tertiary/aromatic N) is 3. The van der Waals surface area contributed by atoms with Gasteiger partial charge in [-0.25, -0.2) is 0 Å². The number of rotatable bonds is 8. The molecule has 1 unspecified atom stereocenters. The maximum atomic E-state index is 12.3. The van der Waals surface area contributed by atoms with Gasteiger partial charge in [0.05, 0.1) is 12.4 Å². The standard InChI is InChI=1S/C21H22N4O2S/c1-4-13-22-20(26)15(2)28-21-24-23-19(16-9-8-12-18(14-16)27-3)25(21)17-10-6-5-7-11-17/h4-12,14-15H,1,13H2,2-3H3,(H,22,26). The number of methoxy groups -OCH3 is 1. The van der Waals surface area contributed by atoms with Crippen molar-refractivity contribution in [3.8, 4) is 22.8 Å². The van der Waals surface area contributed by atoms with Gasteiger partial charge in [-0.15, -0.1) is 16.8 Å². The highest BCUT2D eigenvalue weighted by Crippen LogP contribution is 2.31. The third kappa shape index (κ3) is 4.43. The second kappa shape index (κ2) is 9.23. The quantitative estimate of drug-likeness (QED) is 0.466. The second-order valence-electron chi connectivity index (χ2n) is 6.00. The molecule has 1 atom stereocenters. The Morgan fingerprint density at radius 3 is 2.75 bits per heavy atom. The van der Waals surface area contributed by atoms with Gasteiger partial charge >= 0.3 is 0 Å². The second-order valence-corrected chi connectivity index (χ2v) is 7.31. The summed E-state index contributed by atoms with van der Waals surface area (Å²) in [4.78, 5) is 12.3. The average molecular weight is 395 g/mol. The van der Waals surface area contributed by atoms with Crippen LogP contribution in [0.3, 0.4) is 0 Å². The third-order valence-corrected chi connectivity index (χ3v) is 5.09. The Hall–Kier alpha value is -3.06. The molecular weight excluding hydrogens is 372 g/mol. The number of nitrogens with one attached hydrogen (secondary N) is 1. The normalized spacial score (nSPS) is 11.6. The Morgan fingerprint density at radius 1 is 1.25 bits per heavy atom. The Bertz CT molecular complexity index is 956. The van der Waals surface area contributed by atoms with E-state index in [-0.39, 0.29) is 11.2 Å². The van der Waals surface area contributed by atoms with Crippen molar-refractivity contribution < 1.29 is 9.53 Å².